The quantitative estimate of drug-likeness (QED) is 0.750. The van der Waals surface area contributed by atoms with Gasteiger partial charge in [0.1, 0.15) is 0 Å². The van der Waals surface area contributed by atoms with E-state index in [0.717, 1.165) is 32.2 Å². The summed E-state index contributed by atoms with van der Waals surface area (Å²) in [7, 11) is 0. The molecule has 0 saturated heterocycles. The van der Waals surface area contributed by atoms with Crippen molar-refractivity contribution in [2.75, 3.05) is 6.54 Å². The van der Waals surface area contributed by atoms with Crippen LogP contribution in [-0.2, 0) is 4.79 Å². The van der Waals surface area contributed by atoms with Gasteiger partial charge in [0, 0.05) is 19.0 Å². The fraction of sp³-hybridized carbons (Fsp3) is 0.611. The Morgan fingerprint density at radius 2 is 1.90 bits per heavy atom. The first-order chi connectivity index (χ1) is 10.1. The van der Waals surface area contributed by atoms with Crippen LogP contribution in [0.5, 0.6) is 0 Å². The van der Waals surface area contributed by atoms with Gasteiger partial charge in [-0.3, -0.25) is 4.79 Å². The molecular weight excluding hydrogens is 260 g/mol. The molecule has 0 fully saturated rings. The first kappa shape index (κ1) is 17.7. The minimum atomic E-state index is 0.0822. The molecule has 0 bridgehead atoms. The van der Waals surface area contributed by atoms with Gasteiger partial charge in [-0.05, 0) is 31.7 Å². The van der Waals surface area contributed by atoms with Crippen molar-refractivity contribution in [3.8, 4) is 0 Å². The molecule has 0 aromatic heterocycles. The van der Waals surface area contributed by atoms with Crippen molar-refractivity contribution < 1.29 is 4.79 Å². The maximum atomic E-state index is 12.6. The van der Waals surface area contributed by atoms with Crippen molar-refractivity contribution in [3.05, 3.63) is 35.9 Å². The Labute approximate surface area is 129 Å². The average Bonchev–Trinajstić information content (AvgIpc) is 2.50. The van der Waals surface area contributed by atoms with Crippen LogP contribution in [0.2, 0.25) is 0 Å². The van der Waals surface area contributed by atoms with Gasteiger partial charge in [-0.1, -0.05) is 50.6 Å². The highest BCUT2D eigenvalue weighted by Crippen LogP contribution is 2.25. The topological polar surface area (TPSA) is 46.3 Å². The van der Waals surface area contributed by atoms with Gasteiger partial charge in [0.05, 0.1) is 6.04 Å². The first-order valence-electron chi connectivity index (χ1n) is 8.20. The highest BCUT2D eigenvalue weighted by atomic mass is 16.2. The molecule has 118 valence electrons. The van der Waals surface area contributed by atoms with Crippen molar-refractivity contribution in [1.29, 1.82) is 0 Å². The molecule has 1 aromatic carbocycles. The lowest BCUT2D eigenvalue weighted by molar-refractivity contribution is -0.134. The van der Waals surface area contributed by atoms with Crippen LogP contribution in [0.3, 0.4) is 0 Å². The number of benzene rings is 1. The van der Waals surface area contributed by atoms with Crippen molar-refractivity contribution in [2.45, 2.75) is 65.0 Å². The summed E-state index contributed by atoms with van der Waals surface area (Å²) in [6, 6.07) is 10.6. The van der Waals surface area contributed by atoms with Gasteiger partial charge in [-0.15, -0.1) is 0 Å². The monoisotopic (exact) mass is 290 g/mol. The second-order valence-electron chi connectivity index (χ2n) is 5.79. The highest BCUT2D eigenvalue weighted by Gasteiger charge is 2.23. The van der Waals surface area contributed by atoms with E-state index in [0.29, 0.717) is 6.42 Å². The van der Waals surface area contributed by atoms with Gasteiger partial charge < -0.3 is 10.6 Å². The minimum Gasteiger partial charge on any atom is -0.336 e. The van der Waals surface area contributed by atoms with Gasteiger partial charge in [0.25, 0.3) is 0 Å². The lowest BCUT2D eigenvalue weighted by Gasteiger charge is -2.32. The Hall–Kier alpha value is -1.35. The molecule has 2 atom stereocenters. The number of rotatable bonds is 9. The highest BCUT2D eigenvalue weighted by molar-refractivity contribution is 5.76. The molecule has 0 aliphatic heterocycles. The van der Waals surface area contributed by atoms with Crippen LogP contribution in [0.4, 0.5) is 0 Å². The summed E-state index contributed by atoms with van der Waals surface area (Å²) in [4.78, 5) is 14.7. The number of amides is 1. The first-order valence-corrected chi connectivity index (χ1v) is 8.20. The van der Waals surface area contributed by atoms with Gasteiger partial charge in [0.15, 0.2) is 0 Å². The van der Waals surface area contributed by atoms with E-state index in [1.165, 1.54) is 5.56 Å². The van der Waals surface area contributed by atoms with E-state index in [-0.39, 0.29) is 18.0 Å². The van der Waals surface area contributed by atoms with E-state index in [1.807, 2.05) is 25.1 Å². The van der Waals surface area contributed by atoms with Crippen LogP contribution in [0.25, 0.3) is 0 Å². The molecule has 0 heterocycles. The summed E-state index contributed by atoms with van der Waals surface area (Å²) < 4.78 is 0. The maximum absolute atomic E-state index is 12.6. The van der Waals surface area contributed by atoms with Crippen molar-refractivity contribution >= 4 is 5.91 Å². The molecule has 1 amide bonds. The molecule has 3 nitrogen and oxygen atoms in total. The summed E-state index contributed by atoms with van der Waals surface area (Å²) in [5.41, 5.74) is 7.02. The molecule has 2 unspecified atom stereocenters. The van der Waals surface area contributed by atoms with Gasteiger partial charge in [0.2, 0.25) is 5.91 Å². The number of carbonyl (C=O) groups excluding carboxylic acids is 1. The molecular formula is C18H30N2O. The molecule has 0 aliphatic carbocycles. The third kappa shape index (κ3) is 5.88. The van der Waals surface area contributed by atoms with E-state index in [1.54, 1.807) is 0 Å². The van der Waals surface area contributed by atoms with E-state index in [9.17, 15) is 4.79 Å². The van der Waals surface area contributed by atoms with Crippen LogP contribution >= 0.6 is 0 Å². The second kappa shape index (κ2) is 9.56. The Balaban J connectivity index is 2.85. The lowest BCUT2D eigenvalue weighted by Crippen LogP contribution is -2.36. The number of nitrogens with zero attached hydrogens (tertiary/aromatic N) is 1. The number of hydrogen-bond acceptors (Lipinski definition) is 2. The van der Waals surface area contributed by atoms with E-state index < -0.39 is 0 Å². The van der Waals surface area contributed by atoms with Crippen molar-refractivity contribution in [2.24, 2.45) is 5.73 Å². The van der Waals surface area contributed by atoms with E-state index in [2.05, 4.69) is 30.9 Å². The Kier molecular flexibility index (Phi) is 8.06. The van der Waals surface area contributed by atoms with E-state index in [4.69, 9.17) is 5.73 Å². The molecule has 0 radical (unpaired) electrons. The zero-order valence-corrected chi connectivity index (χ0v) is 13.7. The zero-order chi connectivity index (χ0) is 15.7. The molecule has 0 spiro atoms. The van der Waals surface area contributed by atoms with Crippen LogP contribution in [0, 0.1) is 0 Å². The fourth-order valence-electron chi connectivity index (χ4n) is 2.59. The second-order valence-corrected chi connectivity index (χ2v) is 5.79. The Morgan fingerprint density at radius 3 is 2.43 bits per heavy atom. The number of nitrogens with two attached hydrogens (primary N) is 1. The summed E-state index contributed by atoms with van der Waals surface area (Å²) in [5, 5.41) is 0. The normalized spacial score (nSPS) is 13.7. The fourth-order valence-corrected chi connectivity index (χ4v) is 2.59. The number of unbranched alkanes of at least 4 members (excludes halogenated alkanes) is 1. The summed E-state index contributed by atoms with van der Waals surface area (Å²) in [6.07, 6.45) is 4.39. The van der Waals surface area contributed by atoms with Crippen LogP contribution in [0.15, 0.2) is 30.3 Å². The minimum absolute atomic E-state index is 0.0822. The third-order valence-corrected chi connectivity index (χ3v) is 3.83. The number of carbonyl (C=O) groups is 1. The molecule has 2 N–H and O–H groups in total. The van der Waals surface area contributed by atoms with Gasteiger partial charge >= 0.3 is 0 Å². The van der Waals surface area contributed by atoms with Crippen molar-refractivity contribution in [3.63, 3.8) is 0 Å². The summed E-state index contributed by atoms with van der Waals surface area (Å²) in [6.45, 7) is 7.10. The zero-order valence-electron chi connectivity index (χ0n) is 13.7. The molecule has 1 rings (SSSR count). The maximum Gasteiger partial charge on any atom is 0.223 e. The standard InChI is InChI=1S/C18H30N2O/c1-4-6-14-20(18(21)13-12-15(3)19)17(5-2)16-10-8-7-9-11-16/h7-11,15,17H,4-6,12-14,19H2,1-3H3. The summed E-state index contributed by atoms with van der Waals surface area (Å²) in [5.74, 6) is 0.233. The van der Waals surface area contributed by atoms with E-state index >= 15 is 0 Å². The molecule has 0 saturated carbocycles. The predicted molar refractivity (Wildman–Crippen MR) is 89.0 cm³/mol. The van der Waals surface area contributed by atoms with Crippen LogP contribution < -0.4 is 5.73 Å². The molecule has 1 aromatic rings. The van der Waals surface area contributed by atoms with Crippen LogP contribution in [-0.4, -0.2) is 23.4 Å². The van der Waals surface area contributed by atoms with Crippen molar-refractivity contribution in [1.82, 2.24) is 4.90 Å². The average molecular weight is 290 g/mol. The predicted octanol–water partition coefficient (Wildman–Crippen LogP) is 3.89. The molecule has 21 heavy (non-hydrogen) atoms. The molecule has 0 aliphatic rings. The van der Waals surface area contributed by atoms with Gasteiger partial charge in [-0.2, -0.15) is 0 Å². The van der Waals surface area contributed by atoms with Crippen LogP contribution in [0.1, 0.15) is 64.5 Å². The Morgan fingerprint density at radius 1 is 1.24 bits per heavy atom. The Bertz CT molecular complexity index is 403. The molecule has 3 heteroatoms. The summed E-state index contributed by atoms with van der Waals surface area (Å²) >= 11 is 0. The lowest BCUT2D eigenvalue weighted by atomic mass is 10.0. The largest absolute Gasteiger partial charge is 0.336 e. The smallest absolute Gasteiger partial charge is 0.223 e. The van der Waals surface area contributed by atoms with Gasteiger partial charge in [-0.25, -0.2) is 0 Å². The number of hydrogen-bond donors (Lipinski definition) is 1. The SMILES string of the molecule is CCCCN(C(=O)CCC(C)N)C(CC)c1ccccc1. The third-order valence-electron chi connectivity index (χ3n) is 3.83.